The number of rotatable bonds is 1. The normalized spacial score (nSPS) is 37.6. The van der Waals surface area contributed by atoms with Crippen LogP contribution < -0.4 is 0 Å². The number of methoxy groups -OCH3 is 1. The van der Waals surface area contributed by atoms with Crippen LogP contribution in [-0.2, 0) is 14.3 Å². The first kappa shape index (κ1) is 8.73. The fraction of sp³-hybridized carbons (Fsp3) is 0.800. The summed E-state index contributed by atoms with van der Waals surface area (Å²) in [5, 5.41) is 0. The molecule has 2 saturated carbocycles. The van der Waals surface area contributed by atoms with Gasteiger partial charge in [0.1, 0.15) is 5.78 Å². The number of ketones is 1. The highest BCUT2D eigenvalue weighted by Crippen LogP contribution is 2.42. The SMILES string of the molecule is COC(=O)C1C[C@H]2CC[C@@H](C1)C2=O. The quantitative estimate of drug-likeness (QED) is 0.571. The highest BCUT2D eigenvalue weighted by molar-refractivity contribution is 5.88. The predicted octanol–water partition coefficient (Wildman–Crippen LogP) is 1.16. The number of carbonyl (C=O) groups is 2. The summed E-state index contributed by atoms with van der Waals surface area (Å²) in [5.74, 6) is 0.551. The van der Waals surface area contributed by atoms with Gasteiger partial charge in [-0.15, -0.1) is 0 Å². The number of carbonyl (C=O) groups excluding carboxylic acids is 2. The van der Waals surface area contributed by atoms with E-state index in [4.69, 9.17) is 4.74 Å². The number of esters is 1. The number of hydrogen-bond donors (Lipinski definition) is 0. The molecule has 0 amide bonds. The van der Waals surface area contributed by atoms with Crippen molar-refractivity contribution in [3.8, 4) is 0 Å². The lowest BCUT2D eigenvalue weighted by Gasteiger charge is -2.24. The van der Waals surface area contributed by atoms with Crippen LogP contribution in [-0.4, -0.2) is 18.9 Å². The van der Waals surface area contributed by atoms with Crippen LogP contribution in [0.5, 0.6) is 0 Å². The smallest absolute Gasteiger partial charge is 0.308 e. The minimum Gasteiger partial charge on any atom is -0.469 e. The van der Waals surface area contributed by atoms with E-state index in [1.54, 1.807) is 0 Å². The largest absolute Gasteiger partial charge is 0.469 e. The average Bonchev–Trinajstić information content (AvgIpc) is 2.42. The topological polar surface area (TPSA) is 43.4 Å². The molecule has 2 fully saturated rings. The monoisotopic (exact) mass is 182 g/mol. The van der Waals surface area contributed by atoms with Crippen molar-refractivity contribution in [1.29, 1.82) is 0 Å². The van der Waals surface area contributed by atoms with E-state index in [1.165, 1.54) is 7.11 Å². The van der Waals surface area contributed by atoms with Crippen LogP contribution in [0.4, 0.5) is 0 Å². The highest BCUT2D eigenvalue weighted by Gasteiger charge is 2.43. The van der Waals surface area contributed by atoms with Crippen LogP contribution in [0.2, 0.25) is 0 Å². The molecule has 1 unspecified atom stereocenters. The van der Waals surface area contributed by atoms with Crippen molar-refractivity contribution >= 4 is 11.8 Å². The van der Waals surface area contributed by atoms with Crippen LogP contribution in [0.3, 0.4) is 0 Å². The molecule has 3 atom stereocenters. The van der Waals surface area contributed by atoms with Gasteiger partial charge in [0.2, 0.25) is 0 Å². The van der Waals surface area contributed by atoms with Crippen LogP contribution in [0.15, 0.2) is 0 Å². The van der Waals surface area contributed by atoms with E-state index in [2.05, 4.69) is 0 Å². The molecule has 0 heterocycles. The molecule has 0 aromatic carbocycles. The van der Waals surface area contributed by atoms with Gasteiger partial charge in [0.05, 0.1) is 13.0 Å². The molecule has 13 heavy (non-hydrogen) atoms. The maximum Gasteiger partial charge on any atom is 0.308 e. The minimum absolute atomic E-state index is 0.0137. The van der Waals surface area contributed by atoms with Crippen LogP contribution in [0.1, 0.15) is 25.7 Å². The van der Waals surface area contributed by atoms with Gasteiger partial charge in [-0.05, 0) is 25.7 Å². The Morgan fingerprint density at radius 2 is 1.85 bits per heavy atom. The number of ether oxygens (including phenoxy) is 1. The fourth-order valence-corrected chi connectivity index (χ4v) is 2.63. The van der Waals surface area contributed by atoms with E-state index in [9.17, 15) is 9.59 Å². The van der Waals surface area contributed by atoms with Gasteiger partial charge in [0.15, 0.2) is 0 Å². The van der Waals surface area contributed by atoms with Gasteiger partial charge in [-0.1, -0.05) is 0 Å². The van der Waals surface area contributed by atoms with E-state index in [0.29, 0.717) is 5.78 Å². The first-order chi connectivity index (χ1) is 6.22. The molecular weight excluding hydrogens is 168 g/mol. The molecule has 0 aromatic rings. The Morgan fingerprint density at radius 3 is 2.31 bits per heavy atom. The first-order valence-corrected chi connectivity index (χ1v) is 4.84. The molecule has 2 aliphatic rings. The van der Waals surface area contributed by atoms with E-state index >= 15 is 0 Å². The van der Waals surface area contributed by atoms with Crippen LogP contribution in [0.25, 0.3) is 0 Å². The molecule has 0 aliphatic heterocycles. The molecule has 0 radical (unpaired) electrons. The highest BCUT2D eigenvalue weighted by atomic mass is 16.5. The Kier molecular flexibility index (Phi) is 2.10. The molecule has 72 valence electrons. The van der Waals surface area contributed by atoms with Gasteiger partial charge in [-0.3, -0.25) is 9.59 Å². The van der Waals surface area contributed by atoms with E-state index in [0.717, 1.165) is 25.7 Å². The molecule has 0 N–H and O–H groups in total. The summed E-state index contributed by atoms with van der Waals surface area (Å²) in [7, 11) is 1.42. The summed E-state index contributed by atoms with van der Waals surface area (Å²) >= 11 is 0. The third-order valence-electron chi connectivity index (χ3n) is 3.34. The second-order valence-corrected chi connectivity index (χ2v) is 4.07. The van der Waals surface area contributed by atoms with E-state index in [-0.39, 0.29) is 23.7 Å². The summed E-state index contributed by atoms with van der Waals surface area (Å²) in [5.41, 5.74) is 0. The van der Waals surface area contributed by atoms with Crippen molar-refractivity contribution in [3.05, 3.63) is 0 Å². The molecular formula is C10H14O3. The van der Waals surface area contributed by atoms with Gasteiger partial charge in [0.25, 0.3) is 0 Å². The first-order valence-electron chi connectivity index (χ1n) is 4.84. The lowest BCUT2D eigenvalue weighted by Crippen LogP contribution is -2.30. The van der Waals surface area contributed by atoms with Gasteiger partial charge in [-0.2, -0.15) is 0 Å². The van der Waals surface area contributed by atoms with Gasteiger partial charge in [0, 0.05) is 11.8 Å². The second kappa shape index (κ2) is 3.13. The van der Waals surface area contributed by atoms with Crippen molar-refractivity contribution in [2.45, 2.75) is 25.7 Å². The molecule has 0 aromatic heterocycles. The standard InChI is InChI=1S/C10H14O3/c1-13-10(12)8-4-6-2-3-7(5-8)9(6)11/h6-8H,2-5H2,1H3/t6-,7+,8?. The Hall–Kier alpha value is -0.860. The molecule has 0 spiro atoms. The summed E-state index contributed by atoms with van der Waals surface area (Å²) in [6.07, 6.45) is 3.41. The average molecular weight is 182 g/mol. The minimum atomic E-state index is -0.135. The molecule has 2 aliphatic carbocycles. The van der Waals surface area contributed by atoms with E-state index < -0.39 is 0 Å². The zero-order valence-corrected chi connectivity index (χ0v) is 7.79. The van der Waals surface area contributed by atoms with Gasteiger partial charge >= 0.3 is 5.97 Å². The van der Waals surface area contributed by atoms with Crippen LogP contribution >= 0.6 is 0 Å². The summed E-state index contributed by atoms with van der Waals surface area (Å²) in [4.78, 5) is 22.8. The Balaban J connectivity index is 2.06. The number of fused-ring (bicyclic) bond motifs is 2. The molecule has 3 heteroatoms. The molecule has 0 saturated heterocycles. The third-order valence-corrected chi connectivity index (χ3v) is 3.34. The lowest BCUT2D eigenvalue weighted by molar-refractivity contribution is -0.148. The summed E-state index contributed by atoms with van der Waals surface area (Å²) < 4.78 is 4.70. The van der Waals surface area contributed by atoms with Crippen LogP contribution in [0, 0.1) is 17.8 Å². The zero-order valence-electron chi connectivity index (χ0n) is 7.79. The van der Waals surface area contributed by atoms with Crippen molar-refractivity contribution in [2.24, 2.45) is 17.8 Å². The van der Waals surface area contributed by atoms with Crippen molar-refractivity contribution in [2.75, 3.05) is 7.11 Å². The Labute approximate surface area is 77.4 Å². The third kappa shape index (κ3) is 1.36. The number of hydrogen-bond acceptors (Lipinski definition) is 3. The second-order valence-electron chi connectivity index (χ2n) is 4.07. The lowest BCUT2D eigenvalue weighted by atomic mass is 9.80. The van der Waals surface area contributed by atoms with Crippen molar-refractivity contribution in [1.82, 2.24) is 0 Å². The Bertz CT molecular complexity index is 231. The van der Waals surface area contributed by atoms with Gasteiger partial charge in [-0.25, -0.2) is 0 Å². The molecule has 3 nitrogen and oxygen atoms in total. The molecule has 2 bridgehead atoms. The summed E-state index contributed by atoms with van der Waals surface area (Å²) in [6.45, 7) is 0. The van der Waals surface area contributed by atoms with Gasteiger partial charge < -0.3 is 4.74 Å². The fourth-order valence-electron chi connectivity index (χ4n) is 2.63. The maximum atomic E-state index is 11.5. The van der Waals surface area contributed by atoms with Crippen molar-refractivity contribution < 1.29 is 14.3 Å². The zero-order chi connectivity index (χ0) is 9.42. The maximum absolute atomic E-state index is 11.5. The number of Topliss-reactive ketones (excluding diaryl/α,β-unsaturated/α-hetero) is 1. The Morgan fingerprint density at radius 1 is 1.31 bits per heavy atom. The van der Waals surface area contributed by atoms with Crippen molar-refractivity contribution in [3.63, 3.8) is 0 Å². The predicted molar refractivity (Wildman–Crippen MR) is 46.0 cm³/mol. The van der Waals surface area contributed by atoms with E-state index in [1.807, 2.05) is 0 Å². The molecule has 2 rings (SSSR count). The summed E-state index contributed by atoms with van der Waals surface area (Å²) in [6, 6.07) is 0.